The molecule has 0 bridgehead atoms. The summed E-state index contributed by atoms with van der Waals surface area (Å²) in [6, 6.07) is 17.5. The summed E-state index contributed by atoms with van der Waals surface area (Å²) in [4.78, 5) is 12.6. The third-order valence-corrected chi connectivity index (χ3v) is 7.41. The van der Waals surface area contributed by atoms with Crippen LogP contribution in [0.15, 0.2) is 54.6 Å². The van der Waals surface area contributed by atoms with Gasteiger partial charge in [0.1, 0.15) is 17.2 Å². The zero-order chi connectivity index (χ0) is 23.8. The monoisotopic (exact) mass is 511 g/mol. The van der Waals surface area contributed by atoms with Gasteiger partial charge in [0, 0.05) is 22.7 Å². The molecule has 1 N–H and O–H groups in total. The third kappa shape index (κ3) is 5.78. The van der Waals surface area contributed by atoms with Gasteiger partial charge in [-0.25, -0.2) is 0 Å². The molecule has 0 atom stereocenters. The molecule has 3 aromatic rings. The first-order chi connectivity index (χ1) is 17.2. The summed E-state index contributed by atoms with van der Waals surface area (Å²) < 4.78 is 12.7. The van der Waals surface area contributed by atoms with Gasteiger partial charge in [0.25, 0.3) is 5.91 Å². The van der Waals surface area contributed by atoms with E-state index in [9.17, 15) is 4.79 Å². The zero-order valence-electron chi connectivity index (χ0n) is 21.8. The summed E-state index contributed by atoms with van der Waals surface area (Å²) >= 11 is 5.94. The Morgan fingerprint density at radius 2 is 1.75 bits per heavy atom. The van der Waals surface area contributed by atoms with E-state index < -0.39 is 0 Å². The average Bonchev–Trinajstić information content (AvgIpc) is 3.79. The van der Waals surface area contributed by atoms with Gasteiger partial charge in [-0.05, 0) is 116 Å². The quantitative estimate of drug-likeness (QED) is 0.459. The van der Waals surface area contributed by atoms with Crippen LogP contribution in [0.2, 0.25) is 5.02 Å². The fraction of sp³-hybridized carbons (Fsp3) is 0.367. The molecule has 36 heavy (non-hydrogen) atoms. The molecular formula is C30H31ClNNaO3. The molecule has 2 saturated carbocycles. The number of aryl methyl sites for hydroxylation is 1. The summed E-state index contributed by atoms with van der Waals surface area (Å²) in [5.41, 5.74) is 5.77. The van der Waals surface area contributed by atoms with Crippen LogP contribution in [-0.4, -0.2) is 19.1 Å². The number of carbonyl (C=O) groups is 1. The molecule has 182 valence electrons. The molecule has 1 aliphatic heterocycles. The Labute approximate surface area is 241 Å². The van der Waals surface area contributed by atoms with E-state index in [1.165, 1.54) is 42.4 Å². The van der Waals surface area contributed by atoms with Crippen LogP contribution >= 0.6 is 11.6 Å². The number of hydrogen-bond donors (Lipinski definition) is 1. The van der Waals surface area contributed by atoms with Gasteiger partial charge in [-0.1, -0.05) is 23.7 Å². The van der Waals surface area contributed by atoms with Crippen LogP contribution in [0.4, 0.5) is 0 Å². The van der Waals surface area contributed by atoms with E-state index in [1.54, 1.807) is 0 Å². The van der Waals surface area contributed by atoms with E-state index in [1.807, 2.05) is 48.5 Å². The maximum absolute atomic E-state index is 12.6. The number of fused-ring (bicyclic) bond motifs is 1. The summed E-state index contributed by atoms with van der Waals surface area (Å²) in [5.74, 6) is 3.92. The van der Waals surface area contributed by atoms with E-state index in [0.717, 1.165) is 53.7 Å². The molecule has 6 rings (SSSR count). The minimum Gasteiger partial charge on any atom is -1.00 e. The van der Waals surface area contributed by atoms with E-state index in [-0.39, 0.29) is 36.9 Å². The predicted octanol–water partition coefficient (Wildman–Crippen LogP) is 4.30. The second-order valence-electron chi connectivity index (χ2n) is 9.96. The van der Waals surface area contributed by atoms with Crippen LogP contribution in [0.1, 0.15) is 78.0 Å². The maximum Gasteiger partial charge on any atom is 1.00 e. The molecular weight excluding hydrogens is 481 g/mol. The minimum atomic E-state index is -0.0787. The minimum absolute atomic E-state index is 0. The van der Waals surface area contributed by atoms with Crippen molar-refractivity contribution in [3.63, 3.8) is 0 Å². The Bertz CT molecular complexity index is 1240. The van der Waals surface area contributed by atoms with Crippen molar-refractivity contribution in [1.29, 1.82) is 0 Å². The summed E-state index contributed by atoms with van der Waals surface area (Å²) in [6.07, 6.45) is 7.81. The normalized spacial score (nSPS) is 16.4. The topological polar surface area (TPSA) is 47.6 Å². The van der Waals surface area contributed by atoms with Crippen LogP contribution in [0.3, 0.4) is 0 Å². The second kappa shape index (κ2) is 11.2. The SMILES string of the molecule is O=C(NCCc1ccc(Cl)cc1)c1ccc(Oc2c(C3CC3)cc3c(c2C2CC2)OCCC3)cc1.[H-].[Na+]. The number of benzene rings is 3. The smallest absolute Gasteiger partial charge is 1.00 e. The zero-order valence-corrected chi connectivity index (χ0v) is 23.6. The summed E-state index contributed by atoms with van der Waals surface area (Å²) in [5, 5.41) is 3.72. The molecule has 2 fully saturated rings. The Kier molecular flexibility index (Phi) is 7.97. The van der Waals surface area contributed by atoms with Crippen LogP contribution in [0.5, 0.6) is 17.2 Å². The van der Waals surface area contributed by atoms with Crippen molar-refractivity contribution in [2.24, 2.45) is 0 Å². The van der Waals surface area contributed by atoms with Crippen LogP contribution in [-0.2, 0) is 12.8 Å². The van der Waals surface area contributed by atoms with Gasteiger partial charge in [0.15, 0.2) is 0 Å². The Hall–Kier alpha value is -1.98. The molecule has 1 heterocycles. The molecule has 0 unspecified atom stereocenters. The number of ether oxygens (including phenoxy) is 2. The van der Waals surface area contributed by atoms with E-state index in [2.05, 4.69) is 11.4 Å². The summed E-state index contributed by atoms with van der Waals surface area (Å²) in [6.45, 7) is 1.36. The first-order valence-electron chi connectivity index (χ1n) is 12.8. The predicted molar refractivity (Wildman–Crippen MR) is 139 cm³/mol. The van der Waals surface area contributed by atoms with Crippen LogP contribution in [0.25, 0.3) is 0 Å². The Morgan fingerprint density at radius 1 is 1.03 bits per heavy atom. The van der Waals surface area contributed by atoms with Gasteiger partial charge in [-0.3, -0.25) is 4.79 Å². The molecule has 0 spiro atoms. The molecule has 0 radical (unpaired) electrons. The maximum atomic E-state index is 12.6. The molecule has 2 aliphatic carbocycles. The standard InChI is InChI=1S/C30H30ClNO3.Na.H/c31-24-11-3-19(4-12-24)15-16-32-30(33)22-9-13-25(14-10-22)35-29-26(20-5-6-20)18-23-2-1-17-34-28(23)27(29)21-7-8-21;;/h3-4,9-14,18,20-21H,1-2,5-8,15-17H2,(H,32,33);;/q;+1;-1. The average molecular weight is 512 g/mol. The number of halogens is 1. The van der Waals surface area contributed by atoms with Crippen molar-refractivity contribution in [3.05, 3.63) is 87.4 Å². The molecule has 4 nitrogen and oxygen atoms in total. The van der Waals surface area contributed by atoms with Gasteiger partial charge in [0.2, 0.25) is 0 Å². The number of hydrogen-bond acceptors (Lipinski definition) is 3. The number of carbonyl (C=O) groups excluding carboxylic acids is 1. The van der Waals surface area contributed by atoms with Gasteiger partial charge in [0.05, 0.1) is 6.61 Å². The van der Waals surface area contributed by atoms with Crippen molar-refractivity contribution < 1.29 is 45.3 Å². The number of amides is 1. The van der Waals surface area contributed by atoms with Crippen molar-refractivity contribution >= 4 is 17.5 Å². The number of rotatable bonds is 8. The van der Waals surface area contributed by atoms with E-state index in [0.29, 0.717) is 23.9 Å². The third-order valence-electron chi connectivity index (χ3n) is 7.16. The molecule has 3 aromatic carbocycles. The molecule has 6 heteroatoms. The first-order valence-corrected chi connectivity index (χ1v) is 13.2. The van der Waals surface area contributed by atoms with E-state index in [4.69, 9.17) is 21.1 Å². The molecule has 3 aliphatic rings. The van der Waals surface area contributed by atoms with Gasteiger partial charge in [-0.15, -0.1) is 0 Å². The fourth-order valence-corrected chi connectivity index (χ4v) is 5.09. The van der Waals surface area contributed by atoms with Gasteiger partial charge >= 0.3 is 29.6 Å². The Balaban J connectivity index is 0.00000160. The van der Waals surface area contributed by atoms with Crippen molar-refractivity contribution in [2.45, 2.75) is 56.8 Å². The van der Waals surface area contributed by atoms with E-state index >= 15 is 0 Å². The largest absolute Gasteiger partial charge is 1.00 e. The Morgan fingerprint density at radius 3 is 2.44 bits per heavy atom. The van der Waals surface area contributed by atoms with Crippen molar-refractivity contribution in [3.8, 4) is 17.2 Å². The van der Waals surface area contributed by atoms with Gasteiger partial charge < -0.3 is 16.2 Å². The van der Waals surface area contributed by atoms with Gasteiger partial charge in [-0.2, -0.15) is 0 Å². The molecule has 0 saturated heterocycles. The first kappa shape index (κ1) is 25.7. The van der Waals surface area contributed by atoms with Crippen LogP contribution < -0.4 is 44.3 Å². The van der Waals surface area contributed by atoms with Crippen LogP contribution in [0, 0.1) is 0 Å². The van der Waals surface area contributed by atoms with Crippen molar-refractivity contribution in [1.82, 2.24) is 5.32 Å². The molecule has 0 aromatic heterocycles. The molecule has 1 amide bonds. The van der Waals surface area contributed by atoms with Crippen molar-refractivity contribution in [2.75, 3.05) is 13.2 Å². The second-order valence-corrected chi connectivity index (χ2v) is 10.4. The fourth-order valence-electron chi connectivity index (χ4n) is 4.96. The summed E-state index contributed by atoms with van der Waals surface area (Å²) in [7, 11) is 0. The number of nitrogens with one attached hydrogen (secondary N) is 1.